The lowest BCUT2D eigenvalue weighted by Gasteiger charge is -2.24. The van der Waals surface area contributed by atoms with Crippen molar-refractivity contribution in [1.29, 1.82) is 0 Å². The third-order valence-corrected chi connectivity index (χ3v) is 3.71. The van der Waals surface area contributed by atoms with Crippen molar-refractivity contribution in [3.8, 4) is 0 Å². The van der Waals surface area contributed by atoms with E-state index in [1.165, 1.54) is 38.5 Å². The van der Waals surface area contributed by atoms with E-state index in [2.05, 4.69) is 9.48 Å². The van der Waals surface area contributed by atoms with Crippen molar-refractivity contribution in [1.82, 2.24) is 4.90 Å². The Labute approximate surface area is 116 Å². The first kappa shape index (κ1) is 16.6. The van der Waals surface area contributed by atoms with Gasteiger partial charge in [-0.2, -0.15) is 0 Å². The molecule has 0 radical (unpaired) electrons. The minimum atomic E-state index is -6.00. The zero-order valence-electron chi connectivity index (χ0n) is 10.9. The van der Waals surface area contributed by atoms with Gasteiger partial charge in [-0.3, -0.25) is 9.48 Å². The zero-order valence-corrected chi connectivity index (χ0v) is 11.7. The normalized spacial score (nSPS) is 20.7. The molecule has 0 unspecified atom stereocenters. The lowest BCUT2D eigenvalue weighted by molar-refractivity contribution is -0.539. The molecule has 0 atom stereocenters. The number of rotatable bonds is 0. The number of halogens is 5. The van der Waals surface area contributed by atoms with Gasteiger partial charge in [0.1, 0.15) is 0 Å². The monoisotopic (exact) mass is 302 g/mol. The summed E-state index contributed by atoms with van der Waals surface area (Å²) in [6, 6.07) is 0. The Hall–Kier alpha value is -0.455. The van der Waals surface area contributed by atoms with Crippen LogP contribution >= 0.6 is 11.6 Å². The van der Waals surface area contributed by atoms with Crippen molar-refractivity contribution < 1.29 is 21.8 Å². The Morgan fingerprint density at radius 1 is 0.842 bits per heavy atom. The van der Waals surface area contributed by atoms with Gasteiger partial charge in [0.05, 0.1) is 26.2 Å². The molecule has 0 aromatic heterocycles. The van der Waals surface area contributed by atoms with Crippen LogP contribution in [0.3, 0.4) is 0 Å². The molecular weight excluding hydrogens is 282 g/mol. The van der Waals surface area contributed by atoms with Gasteiger partial charge in [0.25, 0.3) is 0 Å². The molecule has 19 heavy (non-hydrogen) atoms. The highest BCUT2D eigenvalue weighted by molar-refractivity contribution is 6.63. The Bertz CT molecular complexity index is 290. The van der Waals surface area contributed by atoms with E-state index in [0.29, 0.717) is 0 Å². The maximum Gasteiger partial charge on any atom is 0.673 e. The molecular formula is C11H20BClF4N2. The Kier molecular flexibility index (Phi) is 6.96. The van der Waals surface area contributed by atoms with Gasteiger partial charge in [-0.15, -0.1) is 0 Å². The molecule has 8 heteroatoms. The van der Waals surface area contributed by atoms with Crippen molar-refractivity contribution >= 4 is 24.2 Å². The quantitative estimate of drug-likeness (QED) is 0.218. The molecule has 2 fully saturated rings. The van der Waals surface area contributed by atoms with Gasteiger partial charge in [-0.05, 0) is 38.5 Å². The number of hydrogen-bond acceptors (Lipinski definition) is 0. The topological polar surface area (TPSA) is 6.25 Å². The number of piperidine rings is 2. The molecule has 112 valence electrons. The minimum absolute atomic E-state index is 1.02. The van der Waals surface area contributed by atoms with E-state index in [4.69, 9.17) is 11.6 Å². The molecule has 2 heterocycles. The maximum atomic E-state index is 9.75. The molecule has 2 rings (SSSR count). The van der Waals surface area contributed by atoms with Crippen molar-refractivity contribution in [2.24, 2.45) is 0 Å². The molecule has 2 aliphatic heterocycles. The molecule has 2 nitrogen and oxygen atoms in total. The first-order chi connectivity index (χ1) is 8.88. The lowest BCUT2D eigenvalue weighted by atomic mass is 10.1. The van der Waals surface area contributed by atoms with Crippen LogP contribution in [0.5, 0.6) is 0 Å². The van der Waals surface area contributed by atoms with Crippen LogP contribution in [0.2, 0.25) is 0 Å². The first-order valence-electron chi connectivity index (χ1n) is 6.77. The molecule has 0 N–H and O–H groups in total. The van der Waals surface area contributed by atoms with Crippen molar-refractivity contribution in [2.75, 3.05) is 26.2 Å². The largest absolute Gasteiger partial charge is 0.673 e. The number of hydrogen-bond donors (Lipinski definition) is 0. The summed E-state index contributed by atoms with van der Waals surface area (Å²) in [6.07, 6.45) is 7.99. The predicted molar refractivity (Wildman–Crippen MR) is 70.3 cm³/mol. The van der Waals surface area contributed by atoms with E-state index in [-0.39, 0.29) is 0 Å². The van der Waals surface area contributed by atoms with Gasteiger partial charge in [-0.1, -0.05) is 0 Å². The van der Waals surface area contributed by atoms with Crippen LogP contribution in [0.25, 0.3) is 0 Å². The third kappa shape index (κ3) is 7.65. The maximum absolute atomic E-state index is 9.75. The van der Waals surface area contributed by atoms with Crippen LogP contribution in [0.15, 0.2) is 0 Å². The van der Waals surface area contributed by atoms with Crippen LogP contribution in [0, 0.1) is 0 Å². The van der Waals surface area contributed by atoms with Crippen LogP contribution in [0.1, 0.15) is 38.5 Å². The van der Waals surface area contributed by atoms with Crippen LogP contribution in [0.4, 0.5) is 17.3 Å². The van der Waals surface area contributed by atoms with Gasteiger partial charge in [-0.25, -0.2) is 0 Å². The summed E-state index contributed by atoms with van der Waals surface area (Å²) in [4.78, 5) is 2.36. The third-order valence-electron chi connectivity index (χ3n) is 3.23. The standard InChI is InChI=1S/C11H20ClN2.BF4/c12-11(13-7-3-1-4-8-13)14-9-5-2-6-10-14;2-1(3,4)5/h1-10H2;/q+1;-1. The Balaban J connectivity index is 0.000000312. The van der Waals surface area contributed by atoms with Gasteiger partial charge in [0, 0.05) is 11.6 Å². The molecule has 0 spiro atoms. The fourth-order valence-electron chi connectivity index (χ4n) is 2.36. The molecule has 0 aliphatic carbocycles. The van der Waals surface area contributed by atoms with Gasteiger partial charge in [0.2, 0.25) is 0 Å². The van der Waals surface area contributed by atoms with Gasteiger partial charge < -0.3 is 17.3 Å². The van der Waals surface area contributed by atoms with Crippen molar-refractivity contribution in [3.05, 3.63) is 0 Å². The van der Waals surface area contributed by atoms with Gasteiger partial charge >= 0.3 is 12.5 Å². The van der Waals surface area contributed by atoms with E-state index in [0.717, 1.165) is 31.5 Å². The summed E-state index contributed by atoms with van der Waals surface area (Å²) in [5, 5.41) is 1.02. The second kappa shape index (κ2) is 7.97. The predicted octanol–water partition coefficient (Wildman–Crippen LogP) is 3.56. The SMILES string of the molecule is ClC(N1CCCCC1)=[N+]1CCCCC1.F[B-](F)(F)F. The average Bonchev–Trinajstić information content (AvgIpc) is 2.38. The molecule has 2 aliphatic rings. The van der Waals surface area contributed by atoms with Crippen LogP contribution < -0.4 is 0 Å². The summed E-state index contributed by atoms with van der Waals surface area (Å²) in [5.41, 5.74) is 0. The average molecular weight is 303 g/mol. The van der Waals surface area contributed by atoms with E-state index >= 15 is 0 Å². The summed E-state index contributed by atoms with van der Waals surface area (Å²) >= 11 is 6.41. The van der Waals surface area contributed by atoms with E-state index < -0.39 is 7.25 Å². The highest BCUT2D eigenvalue weighted by Gasteiger charge is 2.24. The van der Waals surface area contributed by atoms with Crippen LogP contribution in [-0.4, -0.2) is 48.2 Å². The molecule has 0 aromatic rings. The molecule has 0 bridgehead atoms. The van der Waals surface area contributed by atoms with Crippen LogP contribution in [-0.2, 0) is 0 Å². The smallest absolute Gasteiger partial charge is 0.418 e. The number of nitrogens with zero attached hydrogens (tertiary/aromatic N) is 2. The van der Waals surface area contributed by atoms with E-state index in [9.17, 15) is 17.3 Å². The molecule has 2 saturated heterocycles. The fourth-order valence-corrected chi connectivity index (χ4v) is 2.69. The molecule has 0 amide bonds. The van der Waals surface area contributed by atoms with Gasteiger partial charge in [0.15, 0.2) is 0 Å². The highest BCUT2D eigenvalue weighted by atomic mass is 35.5. The summed E-state index contributed by atoms with van der Waals surface area (Å²) < 4.78 is 41.4. The number of amidine groups is 1. The van der Waals surface area contributed by atoms with Crippen molar-refractivity contribution in [2.45, 2.75) is 38.5 Å². The Morgan fingerprint density at radius 2 is 1.26 bits per heavy atom. The second-order valence-electron chi connectivity index (χ2n) is 4.86. The van der Waals surface area contributed by atoms with E-state index in [1.807, 2.05) is 0 Å². The zero-order chi connectivity index (χ0) is 14.3. The second-order valence-corrected chi connectivity index (χ2v) is 5.20. The summed E-state index contributed by atoms with van der Waals surface area (Å²) in [5.74, 6) is 0. The lowest BCUT2D eigenvalue weighted by Crippen LogP contribution is -2.39. The minimum Gasteiger partial charge on any atom is -0.418 e. The van der Waals surface area contributed by atoms with Crippen molar-refractivity contribution in [3.63, 3.8) is 0 Å². The Morgan fingerprint density at radius 3 is 1.74 bits per heavy atom. The first-order valence-corrected chi connectivity index (χ1v) is 7.15. The van der Waals surface area contributed by atoms with E-state index in [1.54, 1.807) is 0 Å². The summed E-state index contributed by atoms with van der Waals surface area (Å²) in [7, 11) is -6.00. The molecule has 0 aromatic carbocycles. The number of likely N-dealkylation sites (tertiary alicyclic amines) is 1. The fraction of sp³-hybridized carbons (Fsp3) is 0.909. The molecule has 0 saturated carbocycles. The highest BCUT2D eigenvalue weighted by Crippen LogP contribution is 2.13. The summed E-state index contributed by atoms with van der Waals surface area (Å²) in [6.45, 7) is 4.65.